The predicted molar refractivity (Wildman–Crippen MR) is 115 cm³/mol. The van der Waals surface area contributed by atoms with E-state index in [9.17, 15) is 0 Å². The van der Waals surface area contributed by atoms with Crippen LogP contribution in [0.3, 0.4) is 0 Å². The lowest BCUT2D eigenvalue weighted by Gasteiger charge is -2.22. The largest absolute Gasteiger partial charge is 0.493 e. The number of ether oxygens (including phenoxy) is 5. The van der Waals surface area contributed by atoms with Crippen molar-refractivity contribution in [3.63, 3.8) is 0 Å². The first kappa shape index (κ1) is 20.0. The molecule has 2 heterocycles. The van der Waals surface area contributed by atoms with Crippen LogP contribution in [-0.2, 0) is 6.42 Å². The third-order valence-electron chi connectivity index (χ3n) is 4.85. The number of aromatic amines is 1. The van der Waals surface area contributed by atoms with E-state index in [1.165, 1.54) is 0 Å². The molecule has 0 radical (unpaired) electrons. The van der Waals surface area contributed by atoms with Crippen LogP contribution >= 0.6 is 12.2 Å². The zero-order valence-corrected chi connectivity index (χ0v) is 18.0. The average molecular weight is 426 g/mol. The van der Waals surface area contributed by atoms with Crippen LogP contribution in [0.15, 0.2) is 30.3 Å². The summed E-state index contributed by atoms with van der Waals surface area (Å²) in [5.74, 6) is 4.04. The Morgan fingerprint density at radius 3 is 2.43 bits per heavy atom. The van der Waals surface area contributed by atoms with E-state index >= 15 is 0 Å². The minimum atomic E-state index is 0.472. The molecular formula is C22H22N2O5S. The first-order valence-electron chi connectivity index (χ1n) is 9.45. The van der Waals surface area contributed by atoms with Crippen LogP contribution in [0, 0.1) is 4.64 Å². The summed E-state index contributed by atoms with van der Waals surface area (Å²) >= 11 is 5.58. The van der Waals surface area contributed by atoms with Crippen molar-refractivity contribution in [2.45, 2.75) is 13.3 Å². The number of fused-ring (bicyclic) bond motifs is 2. The van der Waals surface area contributed by atoms with E-state index in [0.29, 0.717) is 58.1 Å². The molecule has 2 aromatic carbocycles. The Morgan fingerprint density at radius 1 is 1.07 bits per heavy atom. The van der Waals surface area contributed by atoms with Crippen molar-refractivity contribution in [1.82, 2.24) is 9.97 Å². The van der Waals surface area contributed by atoms with Gasteiger partial charge in [-0.1, -0.05) is 24.4 Å². The van der Waals surface area contributed by atoms with Crippen molar-refractivity contribution >= 4 is 12.2 Å². The van der Waals surface area contributed by atoms with E-state index in [0.717, 1.165) is 16.7 Å². The number of methoxy groups -OCH3 is 3. The second kappa shape index (κ2) is 8.23. The van der Waals surface area contributed by atoms with E-state index in [2.05, 4.69) is 9.97 Å². The number of aromatic nitrogens is 2. The van der Waals surface area contributed by atoms with E-state index in [-0.39, 0.29) is 0 Å². The molecule has 156 valence electrons. The zero-order chi connectivity index (χ0) is 21.3. The van der Waals surface area contributed by atoms with E-state index in [1.807, 2.05) is 37.3 Å². The number of hydrogen-bond acceptors (Lipinski definition) is 7. The van der Waals surface area contributed by atoms with Crippen molar-refractivity contribution in [3.8, 4) is 46.0 Å². The smallest absolute Gasteiger partial charge is 0.205 e. The molecule has 0 amide bonds. The molecule has 1 N–H and O–H groups in total. The Bertz CT molecular complexity index is 1130. The fourth-order valence-corrected chi connectivity index (χ4v) is 3.71. The van der Waals surface area contributed by atoms with Crippen LogP contribution in [0.25, 0.3) is 11.4 Å². The third-order valence-corrected chi connectivity index (χ3v) is 5.19. The number of hydrogen-bond donors (Lipinski definition) is 1. The Hall–Kier alpha value is -3.26. The van der Waals surface area contributed by atoms with E-state index < -0.39 is 0 Å². The molecule has 0 atom stereocenters. The Kier molecular flexibility index (Phi) is 5.50. The highest BCUT2D eigenvalue weighted by atomic mass is 32.1. The van der Waals surface area contributed by atoms with Gasteiger partial charge in [0.25, 0.3) is 0 Å². The number of benzene rings is 2. The maximum atomic E-state index is 6.19. The Morgan fingerprint density at radius 2 is 1.80 bits per heavy atom. The lowest BCUT2D eigenvalue weighted by Crippen LogP contribution is -2.09. The highest BCUT2D eigenvalue weighted by Gasteiger charge is 2.24. The summed E-state index contributed by atoms with van der Waals surface area (Å²) in [5, 5.41) is 0. The van der Waals surface area contributed by atoms with Crippen LogP contribution in [0.4, 0.5) is 0 Å². The highest BCUT2D eigenvalue weighted by Crippen LogP contribution is 2.44. The predicted octanol–water partition coefficient (Wildman–Crippen LogP) is 4.93. The molecule has 0 bridgehead atoms. The van der Waals surface area contributed by atoms with Gasteiger partial charge in [-0.25, -0.2) is 4.98 Å². The van der Waals surface area contributed by atoms with Gasteiger partial charge in [-0.15, -0.1) is 0 Å². The van der Waals surface area contributed by atoms with Gasteiger partial charge in [0.2, 0.25) is 11.6 Å². The summed E-state index contributed by atoms with van der Waals surface area (Å²) in [7, 11) is 4.70. The maximum absolute atomic E-state index is 6.19. The summed E-state index contributed by atoms with van der Waals surface area (Å²) in [6, 6.07) is 9.46. The topological polar surface area (TPSA) is 74.8 Å². The minimum absolute atomic E-state index is 0.472. The fourth-order valence-electron chi connectivity index (χ4n) is 3.45. The normalized spacial score (nSPS) is 11.7. The fraction of sp³-hybridized carbons (Fsp3) is 0.273. The number of para-hydroxylation sites is 1. The van der Waals surface area contributed by atoms with Gasteiger partial charge in [-0.05, 0) is 25.1 Å². The molecule has 1 aliphatic heterocycles. The van der Waals surface area contributed by atoms with Crippen LogP contribution < -0.4 is 23.7 Å². The molecule has 0 aliphatic carbocycles. The molecule has 3 aromatic rings. The second-order valence-electron chi connectivity index (χ2n) is 6.57. The van der Waals surface area contributed by atoms with Gasteiger partial charge in [-0.2, -0.15) is 0 Å². The average Bonchev–Trinajstić information content (AvgIpc) is 2.77. The van der Waals surface area contributed by atoms with Crippen LogP contribution in [0.2, 0.25) is 0 Å². The molecule has 0 fully saturated rings. The molecular weight excluding hydrogens is 404 g/mol. The molecule has 7 nitrogen and oxygen atoms in total. The van der Waals surface area contributed by atoms with Crippen LogP contribution in [-0.4, -0.2) is 37.9 Å². The molecule has 0 spiro atoms. The Labute approximate surface area is 179 Å². The maximum Gasteiger partial charge on any atom is 0.205 e. The first-order chi connectivity index (χ1) is 14.6. The lowest BCUT2D eigenvalue weighted by atomic mass is 10.0. The molecule has 0 saturated carbocycles. The van der Waals surface area contributed by atoms with Gasteiger partial charge in [0, 0.05) is 17.5 Å². The van der Waals surface area contributed by atoms with Crippen LogP contribution in [0.5, 0.6) is 34.6 Å². The highest BCUT2D eigenvalue weighted by molar-refractivity contribution is 7.71. The lowest BCUT2D eigenvalue weighted by molar-refractivity contribution is 0.315. The summed E-state index contributed by atoms with van der Waals surface area (Å²) in [6.45, 7) is 2.49. The molecule has 1 aromatic heterocycles. The van der Waals surface area contributed by atoms with Gasteiger partial charge in [-0.3, -0.25) is 0 Å². The van der Waals surface area contributed by atoms with Gasteiger partial charge < -0.3 is 28.7 Å². The quantitative estimate of drug-likeness (QED) is 0.438. The van der Waals surface area contributed by atoms with Gasteiger partial charge >= 0.3 is 0 Å². The van der Waals surface area contributed by atoms with Gasteiger partial charge in [0.15, 0.2) is 23.0 Å². The number of nitrogens with zero attached hydrogens (tertiary/aromatic N) is 1. The Balaban J connectivity index is 1.81. The van der Waals surface area contributed by atoms with Crippen LogP contribution in [0.1, 0.15) is 18.1 Å². The molecule has 0 saturated heterocycles. The second-order valence-corrected chi connectivity index (χ2v) is 6.96. The van der Waals surface area contributed by atoms with Crippen molar-refractivity contribution in [3.05, 3.63) is 46.1 Å². The van der Waals surface area contributed by atoms with Crippen molar-refractivity contribution in [1.29, 1.82) is 0 Å². The summed E-state index contributed by atoms with van der Waals surface area (Å²) in [4.78, 5) is 7.86. The molecule has 30 heavy (non-hydrogen) atoms. The standard InChI is InChI=1S/C22H22N2O5S/c1-5-28-15-8-6-7-12-9-14-21(29-18(12)15)23-20(24-22(14)30)13-10-16(25-2)19(27-4)17(11-13)26-3/h6-8,10-11H,5,9H2,1-4H3,(H,23,24,30). The summed E-state index contributed by atoms with van der Waals surface area (Å²) in [6.07, 6.45) is 0.615. The molecule has 8 heteroatoms. The van der Waals surface area contributed by atoms with Crippen molar-refractivity contribution in [2.24, 2.45) is 0 Å². The van der Waals surface area contributed by atoms with Gasteiger partial charge in [0.1, 0.15) is 10.5 Å². The van der Waals surface area contributed by atoms with E-state index in [4.69, 9.17) is 35.9 Å². The van der Waals surface area contributed by atoms with Gasteiger partial charge in [0.05, 0.1) is 33.5 Å². The third kappa shape index (κ3) is 3.43. The minimum Gasteiger partial charge on any atom is -0.493 e. The van der Waals surface area contributed by atoms with Crippen molar-refractivity contribution in [2.75, 3.05) is 27.9 Å². The first-order valence-corrected chi connectivity index (χ1v) is 9.86. The SMILES string of the molecule is CCOc1cccc2c1Oc1[nH]c(-c3cc(OC)c(OC)c(OC)c3)nc(=S)c1C2. The summed E-state index contributed by atoms with van der Waals surface area (Å²) in [5.41, 5.74) is 2.57. The number of nitrogens with one attached hydrogen (secondary N) is 1. The van der Waals surface area contributed by atoms with Crippen molar-refractivity contribution < 1.29 is 23.7 Å². The zero-order valence-electron chi connectivity index (χ0n) is 17.2. The van der Waals surface area contributed by atoms with E-state index in [1.54, 1.807) is 21.3 Å². The number of H-pyrrole nitrogens is 1. The molecule has 4 rings (SSSR count). The molecule has 0 unspecified atom stereocenters. The number of rotatable bonds is 6. The monoisotopic (exact) mass is 426 g/mol. The molecule has 1 aliphatic rings. The summed E-state index contributed by atoms with van der Waals surface area (Å²) < 4.78 is 28.7.